The lowest BCUT2D eigenvalue weighted by Gasteiger charge is -2.58. The summed E-state index contributed by atoms with van der Waals surface area (Å²) in [7, 11) is 0. The molecule has 2 nitrogen and oxygen atoms in total. The highest BCUT2D eigenvalue weighted by atomic mass is 16.3. The molecule has 17 heavy (non-hydrogen) atoms. The molecule has 0 aromatic rings. The molecule has 0 saturated heterocycles. The summed E-state index contributed by atoms with van der Waals surface area (Å²) < 4.78 is 0. The lowest BCUT2D eigenvalue weighted by Crippen LogP contribution is -2.54. The van der Waals surface area contributed by atoms with E-state index in [0.29, 0.717) is 13.1 Å². The molecule has 94 valence electrons. The molecule has 1 unspecified atom stereocenters. The van der Waals surface area contributed by atoms with Crippen LogP contribution in [0.2, 0.25) is 0 Å². The van der Waals surface area contributed by atoms with Crippen molar-refractivity contribution in [3.05, 3.63) is 0 Å². The second-order valence-corrected chi connectivity index (χ2v) is 6.63. The van der Waals surface area contributed by atoms with Gasteiger partial charge in [0.05, 0.1) is 12.6 Å². The maximum Gasteiger partial charge on any atom is 0.0721 e. The fourth-order valence-electron chi connectivity index (χ4n) is 5.08. The van der Waals surface area contributed by atoms with Crippen LogP contribution in [0.1, 0.15) is 38.5 Å². The zero-order valence-electron chi connectivity index (χ0n) is 10.5. The van der Waals surface area contributed by atoms with Crippen molar-refractivity contribution in [1.82, 2.24) is 5.32 Å². The van der Waals surface area contributed by atoms with E-state index in [9.17, 15) is 5.11 Å². The van der Waals surface area contributed by atoms with Crippen LogP contribution < -0.4 is 5.32 Å². The van der Waals surface area contributed by atoms with E-state index in [-0.39, 0.29) is 11.5 Å². The number of aliphatic hydroxyl groups is 1. The lowest BCUT2D eigenvalue weighted by molar-refractivity contribution is -0.118. The molecule has 0 heterocycles. The predicted octanol–water partition coefficient (Wildman–Crippen LogP) is 1.79. The summed E-state index contributed by atoms with van der Waals surface area (Å²) in [6.07, 6.45) is 13.1. The Morgan fingerprint density at radius 1 is 1.18 bits per heavy atom. The summed E-state index contributed by atoms with van der Waals surface area (Å²) >= 11 is 0. The third-order valence-electron chi connectivity index (χ3n) is 5.36. The zero-order valence-corrected chi connectivity index (χ0v) is 10.5. The summed E-state index contributed by atoms with van der Waals surface area (Å²) in [6.45, 7) is 1.25. The van der Waals surface area contributed by atoms with Crippen molar-refractivity contribution in [3.63, 3.8) is 0 Å². The Balaban J connectivity index is 1.67. The standard InChI is InChI=1S/C15H23NO/c1-2-3-16-10-14(17)15-7-11-4-12(8-15)6-13(5-11)9-15/h1,11-14,16-17H,3-10H2. The lowest BCUT2D eigenvalue weighted by atomic mass is 9.48. The van der Waals surface area contributed by atoms with Gasteiger partial charge in [-0.2, -0.15) is 0 Å². The molecule has 4 fully saturated rings. The van der Waals surface area contributed by atoms with Gasteiger partial charge in [-0.25, -0.2) is 0 Å². The molecule has 0 aromatic carbocycles. The smallest absolute Gasteiger partial charge is 0.0721 e. The number of nitrogens with one attached hydrogen (secondary N) is 1. The topological polar surface area (TPSA) is 32.3 Å². The monoisotopic (exact) mass is 233 g/mol. The number of aliphatic hydroxyl groups excluding tert-OH is 1. The van der Waals surface area contributed by atoms with Crippen molar-refractivity contribution in [2.45, 2.75) is 44.6 Å². The van der Waals surface area contributed by atoms with Gasteiger partial charge in [-0.3, -0.25) is 0 Å². The number of hydrogen-bond acceptors (Lipinski definition) is 2. The Kier molecular flexibility index (Phi) is 2.92. The van der Waals surface area contributed by atoms with Crippen LogP contribution in [0, 0.1) is 35.5 Å². The van der Waals surface area contributed by atoms with Crippen molar-refractivity contribution in [3.8, 4) is 12.3 Å². The number of hydrogen-bond donors (Lipinski definition) is 2. The van der Waals surface area contributed by atoms with E-state index in [4.69, 9.17) is 6.42 Å². The summed E-state index contributed by atoms with van der Waals surface area (Å²) in [5, 5.41) is 13.7. The SMILES string of the molecule is C#CCNCC(O)C12CC3CC(CC(C3)C1)C2. The highest BCUT2D eigenvalue weighted by molar-refractivity contribution is 5.04. The average molecular weight is 233 g/mol. The van der Waals surface area contributed by atoms with Crippen LogP contribution in [0.5, 0.6) is 0 Å². The summed E-state index contributed by atoms with van der Waals surface area (Å²) in [5.41, 5.74) is 0.232. The molecule has 2 N–H and O–H groups in total. The maximum absolute atomic E-state index is 10.5. The summed E-state index contributed by atoms with van der Waals surface area (Å²) in [5.74, 6) is 5.29. The molecular weight excluding hydrogens is 210 g/mol. The van der Waals surface area contributed by atoms with Gasteiger partial charge in [-0.05, 0) is 61.7 Å². The number of rotatable bonds is 4. The van der Waals surface area contributed by atoms with E-state index < -0.39 is 0 Å². The molecule has 0 spiro atoms. The van der Waals surface area contributed by atoms with Gasteiger partial charge in [0.2, 0.25) is 0 Å². The van der Waals surface area contributed by atoms with Crippen LogP contribution in [0.25, 0.3) is 0 Å². The van der Waals surface area contributed by atoms with Crippen molar-refractivity contribution in [1.29, 1.82) is 0 Å². The third kappa shape index (κ3) is 2.00. The molecule has 0 amide bonds. The molecule has 4 aliphatic rings. The fourth-order valence-corrected chi connectivity index (χ4v) is 5.08. The van der Waals surface area contributed by atoms with Gasteiger partial charge in [0.15, 0.2) is 0 Å². The number of terminal acetylenes is 1. The Bertz CT molecular complexity index is 295. The third-order valence-corrected chi connectivity index (χ3v) is 5.36. The van der Waals surface area contributed by atoms with Gasteiger partial charge in [-0.1, -0.05) is 5.92 Å². The van der Waals surface area contributed by atoms with Gasteiger partial charge in [0, 0.05) is 6.54 Å². The van der Waals surface area contributed by atoms with Gasteiger partial charge in [-0.15, -0.1) is 6.42 Å². The predicted molar refractivity (Wildman–Crippen MR) is 68.3 cm³/mol. The van der Waals surface area contributed by atoms with E-state index in [1.165, 1.54) is 38.5 Å². The molecule has 2 heteroatoms. The molecule has 0 radical (unpaired) electrons. The van der Waals surface area contributed by atoms with E-state index in [1.54, 1.807) is 0 Å². The van der Waals surface area contributed by atoms with Crippen LogP contribution in [-0.2, 0) is 0 Å². The van der Waals surface area contributed by atoms with Crippen LogP contribution in [0.15, 0.2) is 0 Å². The molecule has 0 aliphatic heterocycles. The Morgan fingerprint density at radius 3 is 2.18 bits per heavy atom. The van der Waals surface area contributed by atoms with Crippen molar-refractivity contribution < 1.29 is 5.11 Å². The quantitative estimate of drug-likeness (QED) is 0.573. The Labute approximate surface area is 104 Å². The van der Waals surface area contributed by atoms with Crippen LogP contribution in [0.3, 0.4) is 0 Å². The minimum absolute atomic E-state index is 0.191. The first-order chi connectivity index (χ1) is 8.22. The van der Waals surface area contributed by atoms with E-state index in [2.05, 4.69) is 11.2 Å². The minimum Gasteiger partial charge on any atom is -0.391 e. The van der Waals surface area contributed by atoms with Crippen LogP contribution in [-0.4, -0.2) is 24.3 Å². The highest BCUT2D eigenvalue weighted by Gasteiger charge is 2.53. The molecule has 4 aliphatic carbocycles. The second-order valence-electron chi connectivity index (χ2n) is 6.63. The molecule has 0 aromatic heterocycles. The van der Waals surface area contributed by atoms with Crippen molar-refractivity contribution in [2.75, 3.05) is 13.1 Å². The van der Waals surface area contributed by atoms with Gasteiger partial charge < -0.3 is 10.4 Å². The average Bonchev–Trinajstić information content (AvgIpc) is 2.27. The Hall–Kier alpha value is -0.520. The largest absolute Gasteiger partial charge is 0.391 e. The van der Waals surface area contributed by atoms with Gasteiger partial charge >= 0.3 is 0 Å². The van der Waals surface area contributed by atoms with Gasteiger partial charge in [0.1, 0.15) is 0 Å². The molecule has 1 atom stereocenters. The van der Waals surface area contributed by atoms with Crippen molar-refractivity contribution >= 4 is 0 Å². The normalized spacial score (nSPS) is 44.6. The first-order valence-corrected chi connectivity index (χ1v) is 7.04. The van der Waals surface area contributed by atoms with E-state index >= 15 is 0 Å². The first-order valence-electron chi connectivity index (χ1n) is 7.04. The van der Waals surface area contributed by atoms with E-state index in [0.717, 1.165) is 17.8 Å². The van der Waals surface area contributed by atoms with Crippen molar-refractivity contribution in [2.24, 2.45) is 23.2 Å². The maximum atomic E-state index is 10.5. The van der Waals surface area contributed by atoms with E-state index in [1.807, 2.05) is 0 Å². The van der Waals surface area contributed by atoms with Crippen LogP contribution >= 0.6 is 0 Å². The molecular formula is C15H23NO. The molecule has 4 bridgehead atoms. The molecule has 4 saturated carbocycles. The van der Waals surface area contributed by atoms with Crippen LogP contribution in [0.4, 0.5) is 0 Å². The first kappa shape index (κ1) is 11.6. The minimum atomic E-state index is -0.191. The zero-order chi connectivity index (χ0) is 11.9. The van der Waals surface area contributed by atoms with Gasteiger partial charge in [0.25, 0.3) is 0 Å². The fraction of sp³-hybridized carbons (Fsp3) is 0.867. The second kappa shape index (κ2) is 4.30. The Morgan fingerprint density at radius 2 is 1.71 bits per heavy atom. The summed E-state index contributed by atoms with van der Waals surface area (Å²) in [6, 6.07) is 0. The molecule has 4 rings (SSSR count). The summed E-state index contributed by atoms with van der Waals surface area (Å²) in [4.78, 5) is 0. The highest BCUT2D eigenvalue weighted by Crippen LogP contribution is 2.61.